The molecule has 8 heteroatoms. The first-order chi connectivity index (χ1) is 13.3. The third kappa shape index (κ3) is 3.83. The van der Waals surface area contributed by atoms with Crippen molar-refractivity contribution in [2.45, 2.75) is 51.2 Å². The maximum Gasteiger partial charge on any atom is 0.414 e. The molecule has 8 nitrogen and oxygen atoms in total. The Kier molecular flexibility index (Phi) is 5.62. The normalized spacial score (nSPS) is 24.8. The summed E-state index contributed by atoms with van der Waals surface area (Å²) in [5.74, 6) is -1.34. The largest absolute Gasteiger partial charge is 0.508 e. The quantitative estimate of drug-likeness (QED) is 0.609. The summed E-state index contributed by atoms with van der Waals surface area (Å²) in [6, 6.07) is 3.91. The number of hydrogen-bond acceptors (Lipinski definition) is 7. The van der Waals surface area contributed by atoms with Gasteiger partial charge in [0.25, 0.3) is 0 Å². The minimum absolute atomic E-state index is 0.0197. The van der Waals surface area contributed by atoms with Crippen molar-refractivity contribution < 1.29 is 33.6 Å². The average Bonchev–Trinajstić information content (AvgIpc) is 2.96. The third-order valence-electron chi connectivity index (χ3n) is 4.62. The SMILES string of the molecule is C=CCOC(=O)N1c2ccc(O)cc2[C@@H]2OC(C)(C)O[C@H]2[C@@H]1CC(=O)OCC. The van der Waals surface area contributed by atoms with Crippen LogP contribution in [0.15, 0.2) is 30.9 Å². The minimum Gasteiger partial charge on any atom is -0.508 e. The first-order valence-corrected chi connectivity index (χ1v) is 9.18. The van der Waals surface area contributed by atoms with Crippen molar-refractivity contribution in [3.05, 3.63) is 36.4 Å². The van der Waals surface area contributed by atoms with Crippen LogP contribution in [-0.2, 0) is 23.7 Å². The maximum atomic E-state index is 12.8. The molecule has 2 aliphatic heterocycles. The number of hydrogen-bond donors (Lipinski definition) is 1. The molecule has 3 rings (SSSR count). The fourth-order valence-electron chi connectivity index (χ4n) is 3.66. The van der Waals surface area contributed by atoms with Gasteiger partial charge in [-0.2, -0.15) is 0 Å². The molecule has 152 valence electrons. The number of phenolic OH excluding ortho intramolecular Hbond substituents is 1. The molecular formula is C20H25NO7. The maximum absolute atomic E-state index is 12.8. The van der Waals surface area contributed by atoms with Gasteiger partial charge in [0, 0.05) is 5.56 Å². The number of benzene rings is 1. The molecule has 1 amide bonds. The molecule has 3 atom stereocenters. The molecular weight excluding hydrogens is 366 g/mol. The van der Waals surface area contributed by atoms with E-state index in [1.165, 1.54) is 23.1 Å². The van der Waals surface area contributed by atoms with E-state index in [-0.39, 0.29) is 25.4 Å². The zero-order chi connectivity index (χ0) is 20.5. The van der Waals surface area contributed by atoms with Gasteiger partial charge in [0.05, 0.1) is 24.8 Å². The van der Waals surface area contributed by atoms with Gasteiger partial charge in [-0.05, 0) is 39.0 Å². The molecule has 1 saturated heterocycles. The molecule has 0 saturated carbocycles. The Morgan fingerprint density at radius 3 is 2.75 bits per heavy atom. The van der Waals surface area contributed by atoms with Crippen LogP contribution in [0.4, 0.5) is 10.5 Å². The van der Waals surface area contributed by atoms with Crippen molar-refractivity contribution in [3.63, 3.8) is 0 Å². The molecule has 28 heavy (non-hydrogen) atoms. The molecule has 0 radical (unpaired) electrons. The van der Waals surface area contributed by atoms with Gasteiger partial charge in [0.2, 0.25) is 0 Å². The Bertz CT molecular complexity index is 776. The summed E-state index contributed by atoms with van der Waals surface area (Å²) < 4.78 is 22.4. The lowest BCUT2D eigenvalue weighted by Gasteiger charge is -2.41. The zero-order valence-electron chi connectivity index (χ0n) is 16.2. The lowest BCUT2D eigenvalue weighted by Crippen LogP contribution is -2.53. The van der Waals surface area contributed by atoms with Crippen molar-refractivity contribution in [1.29, 1.82) is 0 Å². The number of rotatable bonds is 5. The summed E-state index contributed by atoms with van der Waals surface area (Å²) in [6.45, 7) is 9.04. The van der Waals surface area contributed by atoms with Crippen LogP contribution >= 0.6 is 0 Å². The van der Waals surface area contributed by atoms with Crippen LogP contribution < -0.4 is 4.90 Å². The fraction of sp³-hybridized carbons (Fsp3) is 0.500. The monoisotopic (exact) mass is 391 g/mol. The first kappa shape index (κ1) is 20.2. The zero-order valence-corrected chi connectivity index (χ0v) is 16.2. The van der Waals surface area contributed by atoms with Gasteiger partial charge in [0.1, 0.15) is 24.6 Å². The van der Waals surface area contributed by atoms with Crippen molar-refractivity contribution in [2.24, 2.45) is 0 Å². The summed E-state index contributed by atoms with van der Waals surface area (Å²) in [7, 11) is 0. The van der Waals surface area contributed by atoms with Crippen LogP contribution in [0, 0.1) is 0 Å². The van der Waals surface area contributed by atoms with Crippen molar-refractivity contribution in [1.82, 2.24) is 0 Å². The summed E-state index contributed by atoms with van der Waals surface area (Å²) in [5, 5.41) is 9.97. The number of nitrogens with zero attached hydrogens (tertiary/aromatic N) is 1. The second kappa shape index (κ2) is 7.81. The molecule has 1 N–H and O–H groups in total. The number of carbonyl (C=O) groups is 2. The van der Waals surface area contributed by atoms with Crippen LogP contribution in [0.1, 0.15) is 38.9 Å². The topological polar surface area (TPSA) is 94.5 Å². The second-order valence-corrected chi connectivity index (χ2v) is 7.08. The molecule has 1 aromatic carbocycles. The van der Waals surface area contributed by atoms with Crippen LogP contribution in [-0.4, -0.2) is 48.3 Å². The lowest BCUT2D eigenvalue weighted by atomic mass is 9.89. The predicted molar refractivity (Wildman–Crippen MR) is 99.9 cm³/mol. The highest BCUT2D eigenvalue weighted by atomic mass is 16.8. The highest BCUT2D eigenvalue weighted by Gasteiger charge is 2.54. The average molecular weight is 391 g/mol. The number of esters is 1. The fourth-order valence-corrected chi connectivity index (χ4v) is 3.66. The van der Waals surface area contributed by atoms with Gasteiger partial charge < -0.3 is 24.1 Å². The summed E-state index contributed by atoms with van der Waals surface area (Å²) in [4.78, 5) is 26.5. The van der Waals surface area contributed by atoms with E-state index in [0.29, 0.717) is 11.3 Å². The molecule has 1 aromatic rings. The Labute approximate surface area is 163 Å². The number of ether oxygens (including phenoxy) is 4. The Balaban J connectivity index is 2.07. The van der Waals surface area contributed by atoms with Crippen LogP contribution in [0.5, 0.6) is 5.75 Å². The molecule has 0 bridgehead atoms. The number of aromatic hydroxyl groups is 1. The predicted octanol–water partition coefficient (Wildman–Crippen LogP) is 3.05. The van der Waals surface area contributed by atoms with Gasteiger partial charge in [-0.3, -0.25) is 9.69 Å². The standard InChI is InChI=1S/C20H25NO7/c1-5-9-26-19(24)21-14-8-7-12(22)10-13(14)17-18(28-20(3,4)27-17)15(21)11-16(23)25-6-2/h5,7-8,10,15,17-18,22H,1,6,9,11H2,2-4H3/t15-,17-,18-/m0/s1. The molecule has 0 aliphatic carbocycles. The van der Waals surface area contributed by atoms with E-state index in [4.69, 9.17) is 18.9 Å². The first-order valence-electron chi connectivity index (χ1n) is 9.18. The van der Waals surface area contributed by atoms with E-state index in [2.05, 4.69) is 6.58 Å². The van der Waals surface area contributed by atoms with Crippen molar-refractivity contribution in [3.8, 4) is 5.75 Å². The van der Waals surface area contributed by atoms with E-state index in [1.807, 2.05) is 0 Å². The van der Waals surface area contributed by atoms with E-state index >= 15 is 0 Å². The summed E-state index contributed by atoms with van der Waals surface area (Å²) >= 11 is 0. The van der Waals surface area contributed by atoms with Gasteiger partial charge in [0.15, 0.2) is 5.79 Å². The van der Waals surface area contributed by atoms with Crippen molar-refractivity contribution >= 4 is 17.7 Å². The van der Waals surface area contributed by atoms with Gasteiger partial charge in [-0.25, -0.2) is 4.79 Å². The van der Waals surface area contributed by atoms with Crippen LogP contribution in [0.2, 0.25) is 0 Å². The number of fused-ring (bicyclic) bond motifs is 3. The molecule has 2 aliphatic rings. The van der Waals surface area contributed by atoms with E-state index in [9.17, 15) is 14.7 Å². The number of carbonyl (C=O) groups excluding carboxylic acids is 2. The summed E-state index contributed by atoms with van der Waals surface area (Å²) in [5.41, 5.74) is 1.08. The Morgan fingerprint density at radius 1 is 1.32 bits per heavy atom. The smallest absolute Gasteiger partial charge is 0.414 e. The van der Waals surface area contributed by atoms with Gasteiger partial charge >= 0.3 is 12.1 Å². The molecule has 2 heterocycles. The number of anilines is 1. The highest BCUT2D eigenvalue weighted by molar-refractivity contribution is 5.92. The van der Waals surface area contributed by atoms with Gasteiger partial charge in [-0.1, -0.05) is 12.7 Å². The van der Waals surface area contributed by atoms with Crippen LogP contribution in [0.25, 0.3) is 0 Å². The molecule has 0 unspecified atom stereocenters. The number of amides is 1. The van der Waals surface area contributed by atoms with Crippen molar-refractivity contribution in [2.75, 3.05) is 18.1 Å². The minimum atomic E-state index is -0.925. The van der Waals surface area contributed by atoms with Crippen LogP contribution in [0.3, 0.4) is 0 Å². The summed E-state index contributed by atoms with van der Waals surface area (Å²) in [6.07, 6.45) is -0.461. The number of phenols is 1. The Morgan fingerprint density at radius 2 is 2.07 bits per heavy atom. The molecule has 0 aromatic heterocycles. The third-order valence-corrected chi connectivity index (χ3v) is 4.62. The lowest BCUT2D eigenvalue weighted by molar-refractivity contribution is -0.152. The Hall–Kier alpha value is -2.58. The van der Waals surface area contributed by atoms with Gasteiger partial charge in [-0.15, -0.1) is 0 Å². The van der Waals surface area contributed by atoms with E-state index < -0.39 is 36.1 Å². The second-order valence-electron chi connectivity index (χ2n) is 7.08. The highest BCUT2D eigenvalue weighted by Crippen LogP contribution is 2.49. The van der Waals surface area contributed by atoms with E-state index in [1.54, 1.807) is 26.8 Å². The molecule has 1 fully saturated rings. The molecule has 0 spiro atoms. The van der Waals surface area contributed by atoms with E-state index in [0.717, 1.165) is 0 Å².